The number of phenolic OH excluding ortho intramolecular Hbond substituents is 2. The summed E-state index contributed by atoms with van der Waals surface area (Å²) in [7, 11) is 0. The topological polar surface area (TPSA) is 113 Å². The van der Waals surface area contributed by atoms with Crippen molar-refractivity contribution in [1.29, 1.82) is 0 Å². The third-order valence-electron chi connectivity index (χ3n) is 5.22. The Bertz CT molecular complexity index is 1150. The summed E-state index contributed by atoms with van der Waals surface area (Å²) in [4.78, 5) is 19.3. The molecule has 0 spiro atoms. The first kappa shape index (κ1) is 23.3. The van der Waals surface area contributed by atoms with Gasteiger partial charge in [-0.2, -0.15) is 0 Å². The van der Waals surface area contributed by atoms with Gasteiger partial charge in [0.05, 0.1) is 24.3 Å². The van der Waals surface area contributed by atoms with Gasteiger partial charge in [0, 0.05) is 36.2 Å². The van der Waals surface area contributed by atoms with Crippen LogP contribution in [0.25, 0.3) is 22.8 Å². The number of halogens is 2. The molecule has 1 aromatic heterocycles. The highest BCUT2D eigenvalue weighted by molar-refractivity contribution is 6.31. The van der Waals surface area contributed by atoms with Gasteiger partial charge in [-0.15, -0.1) is 5.10 Å². The number of carbonyl (C=O) groups is 1. The zero-order valence-electron chi connectivity index (χ0n) is 17.7. The first-order valence-corrected chi connectivity index (χ1v) is 11.2. The Morgan fingerprint density at radius 1 is 1.03 bits per heavy atom. The summed E-state index contributed by atoms with van der Waals surface area (Å²) >= 11 is 12.2. The smallest absolute Gasteiger partial charge is 0.241 e. The lowest BCUT2D eigenvalue weighted by molar-refractivity contribution is -0.121. The fourth-order valence-electron chi connectivity index (χ4n) is 3.51. The molecule has 33 heavy (non-hydrogen) atoms. The van der Waals surface area contributed by atoms with E-state index >= 15 is 0 Å². The number of phenols is 2. The summed E-state index contributed by atoms with van der Waals surface area (Å²) in [6.45, 7) is 4.12. The number of aromatic hydroxyl groups is 2. The second-order valence-corrected chi connectivity index (χ2v) is 8.42. The van der Waals surface area contributed by atoms with Gasteiger partial charge in [0.15, 0.2) is 11.6 Å². The number of hydrogen-bond donors (Lipinski definition) is 3. The van der Waals surface area contributed by atoms with Crippen LogP contribution >= 0.6 is 23.2 Å². The van der Waals surface area contributed by atoms with Gasteiger partial charge in [-0.1, -0.05) is 23.2 Å². The fraction of sp³-hybridized carbons (Fsp3) is 0.318. The number of nitrogens with one attached hydrogen (secondary N) is 1. The molecule has 1 saturated heterocycles. The van der Waals surface area contributed by atoms with E-state index in [4.69, 9.17) is 27.9 Å². The molecule has 0 atom stereocenters. The van der Waals surface area contributed by atoms with Crippen molar-refractivity contribution in [1.82, 2.24) is 25.0 Å². The maximum atomic E-state index is 12.7. The highest BCUT2D eigenvalue weighted by atomic mass is 35.5. The Kier molecular flexibility index (Phi) is 7.34. The van der Waals surface area contributed by atoms with Crippen molar-refractivity contribution in [2.24, 2.45) is 0 Å². The van der Waals surface area contributed by atoms with Crippen molar-refractivity contribution in [3.63, 3.8) is 0 Å². The van der Waals surface area contributed by atoms with Gasteiger partial charge in [-0.25, -0.2) is 9.67 Å². The van der Waals surface area contributed by atoms with Crippen LogP contribution in [0.1, 0.15) is 0 Å². The third kappa shape index (κ3) is 5.75. The Labute approximate surface area is 200 Å². The maximum Gasteiger partial charge on any atom is 0.241 e. The third-order valence-corrected chi connectivity index (χ3v) is 5.69. The lowest BCUT2D eigenvalue weighted by atomic mass is 10.1. The van der Waals surface area contributed by atoms with E-state index in [1.165, 1.54) is 28.9 Å². The van der Waals surface area contributed by atoms with Crippen molar-refractivity contribution in [2.45, 2.75) is 6.54 Å². The zero-order valence-corrected chi connectivity index (χ0v) is 19.2. The number of hydrogen-bond acceptors (Lipinski definition) is 7. The fourth-order valence-corrected chi connectivity index (χ4v) is 3.85. The summed E-state index contributed by atoms with van der Waals surface area (Å²) in [6.07, 6.45) is 0. The van der Waals surface area contributed by atoms with Crippen molar-refractivity contribution in [3.05, 3.63) is 46.4 Å². The van der Waals surface area contributed by atoms with E-state index in [1.807, 2.05) is 0 Å². The zero-order chi connectivity index (χ0) is 23.4. The number of amides is 1. The van der Waals surface area contributed by atoms with Gasteiger partial charge in [0.2, 0.25) is 5.91 Å². The molecule has 0 aliphatic carbocycles. The molecule has 174 valence electrons. The SMILES string of the molecule is O=C(Cn1nc(-c2cc(Cl)ccc2O)nc1-c1cc(Cl)ccc1O)NCCN1CCOCC1. The first-order valence-electron chi connectivity index (χ1n) is 10.4. The Morgan fingerprint density at radius 3 is 2.36 bits per heavy atom. The molecule has 1 aliphatic rings. The van der Waals surface area contributed by atoms with Crippen LogP contribution < -0.4 is 5.32 Å². The maximum absolute atomic E-state index is 12.7. The lowest BCUT2D eigenvalue weighted by Gasteiger charge is -2.26. The molecular weight excluding hydrogens is 469 g/mol. The highest BCUT2D eigenvalue weighted by Gasteiger charge is 2.20. The quantitative estimate of drug-likeness (QED) is 0.465. The summed E-state index contributed by atoms with van der Waals surface area (Å²) < 4.78 is 6.70. The molecule has 2 heterocycles. The molecule has 3 N–H and O–H groups in total. The second-order valence-electron chi connectivity index (χ2n) is 7.54. The number of nitrogens with zero attached hydrogens (tertiary/aromatic N) is 4. The number of carbonyl (C=O) groups excluding carboxylic acids is 1. The van der Waals surface area contributed by atoms with Gasteiger partial charge in [0.25, 0.3) is 0 Å². The van der Waals surface area contributed by atoms with Gasteiger partial charge in [-0.05, 0) is 36.4 Å². The predicted octanol–water partition coefficient (Wildman–Crippen LogP) is 2.78. The van der Waals surface area contributed by atoms with Crippen molar-refractivity contribution >= 4 is 29.1 Å². The Hall–Kier alpha value is -2.85. The van der Waals surface area contributed by atoms with Crippen LogP contribution in [0.15, 0.2) is 36.4 Å². The largest absolute Gasteiger partial charge is 0.507 e. The number of morpholine rings is 1. The second kappa shape index (κ2) is 10.4. The Morgan fingerprint density at radius 2 is 1.67 bits per heavy atom. The minimum absolute atomic E-state index is 0.0617. The molecule has 9 nitrogen and oxygen atoms in total. The highest BCUT2D eigenvalue weighted by Crippen LogP contribution is 2.34. The van der Waals surface area contributed by atoms with Gasteiger partial charge in [-0.3, -0.25) is 9.69 Å². The molecule has 11 heteroatoms. The molecule has 1 amide bonds. The van der Waals surface area contributed by atoms with E-state index in [1.54, 1.807) is 12.1 Å². The van der Waals surface area contributed by atoms with Crippen LogP contribution in [0.4, 0.5) is 0 Å². The average Bonchev–Trinajstić information content (AvgIpc) is 3.21. The van der Waals surface area contributed by atoms with E-state index in [2.05, 4.69) is 20.3 Å². The van der Waals surface area contributed by atoms with Crippen LogP contribution in [-0.4, -0.2) is 75.2 Å². The summed E-state index contributed by atoms with van der Waals surface area (Å²) in [5.74, 6) is -0.00740. The van der Waals surface area contributed by atoms with Crippen molar-refractivity contribution in [2.75, 3.05) is 39.4 Å². The molecule has 2 aromatic carbocycles. The summed E-state index contributed by atoms with van der Waals surface area (Å²) in [6, 6.07) is 9.03. The van der Waals surface area contributed by atoms with Crippen LogP contribution in [0, 0.1) is 0 Å². The summed E-state index contributed by atoms with van der Waals surface area (Å²) in [5, 5.41) is 28.7. The monoisotopic (exact) mass is 491 g/mol. The van der Waals surface area contributed by atoms with Crippen molar-refractivity contribution < 1.29 is 19.7 Å². The average molecular weight is 492 g/mol. The molecule has 3 aromatic rings. The van der Waals surface area contributed by atoms with E-state index < -0.39 is 0 Å². The van der Waals surface area contributed by atoms with Crippen LogP contribution in [0.3, 0.4) is 0 Å². The molecule has 0 saturated carbocycles. The van der Waals surface area contributed by atoms with E-state index in [9.17, 15) is 15.0 Å². The minimum atomic E-state index is -0.266. The van der Waals surface area contributed by atoms with E-state index in [0.29, 0.717) is 40.9 Å². The molecule has 0 bridgehead atoms. The molecule has 1 fully saturated rings. The number of ether oxygens (including phenoxy) is 1. The van der Waals surface area contributed by atoms with Gasteiger partial charge < -0.3 is 20.3 Å². The van der Waals surface area contributed by atoms with Crippen LogP contribution in [-0.2, 0) is 16.1 Å². The normalized spacial score (nSPS) is 14.4. The Balaban J connectivity index is 1.58. The summed E-state index contributed by atoms with van der Waals surface area (Å²) in [5.41, 5.74) is 0.612. The van der Waals surface area contributed by atoms with E-state index in [0.717, 1.165) is 19.6 Å². The number of benzene rings is 2. The molecule has 0 unspecified atom stereocenters. The standard InChI is InChI=1S/C22H23Cl2N5O4/c23-14-1-3-18(30)16(11-14)21-26-22(17-12-15(24)2-4-19(17)31)29(27-21)13-20(32)25-5-6-28-7-9-33-10-8-28/h1-4,11-12,30-31H,5-10,13H2,(H,25,32). The predicted molar refractivity (Wildman–Crippen MR) is 125 cm³/mol. The molecule has 0 radical (unpaired) electrons. The first-order chi connectivity index (χ1) is 15.9. The minimum Gasteiger partial charge on any atom is -0.507 e. The van der Waals surface area contributed by atoms with E-state index in [-0.39, 0.29) is 35.6 Å². The van der Waals surface area contributed by atoms with Gasteiger partial charge in [0.1, 0.15) is 18.0 Å². The number of rotatable bonds is 7. The molecular formula is C22H23Cl2N5O4. The van der Waals surface area contributed by atoms with Crippen LogP contribution in [0.5, 0.6) is 11.5 Å². The van der Waals surface area contributed by atoms with Crippen molar-refractivity contribution in [3.8, 4) is 34.3 Å². The molecule has 4 rings (SSSR count). The molecule has 1 aliphatic heterocycles. The van der Waals surface area contributed by atoms with Crippen LogP contribution in [0.2, 0.25) is 10.0 Å². The lowest BCUT2D eigenvalue weighted by Crippen LogP contribution is -2.41. The number of aromatic nitrogens is 3. The van der Waals surface area contributed by atoms with Gasteiger partial charge >= 0.3 is 0 Å².